The number of hydrogen-bond acceptors (Lipinski definition) is 3. The van der Waals surface area contributed by atoms with Crippen molar-refractivity contribution in [1.29, 1.82) is 0 Å². The maximum absolute atomic E-state index is 4.94. The Morgan fingerprint density at radius 2 is 1.95 bits per heavy atom. The number of aryl methyl sites for hydroxylation is 2. The Morgan fingerprint density at radius 3 is 2.52 bits per heavy atom. The van der Waals surface area contributed by atoms with E-state index in [2.05, 4.69) is 44.0 Å². The highest BCUT2D eigenvalue weighted by Crippen LogP contribution is 2.38. The summed E-state index contributed by atoms with van der Waals surface area (Å²) in [6.07, 6.45) is 5.51. The zero-order valence-corrected chi connectivity index (χ0v) is 13.9. The van der Waals surface area contributed by atoms with E-state index >= 15 is 0 Å². The normalized spacial score (nSPS) is 18.3. The average molecular weight is 287 g/mol. The lowest BCUT2D eigenvalue weighted by Gasteiger charge is -2.28. The van der Waals surface area contributed by atoms with Gasteiger partial charge in [-0.05, 0) is 57.1 Å². The maximum atomic E-state index is 4.94. The third-order valence-electron chi connectivity index (χ3n) is 4.55. The molecule has 2 fully saturated rings. The maximum Gasteiger partial charge on any atom is 0.133 e. The first-order valence-corrected chi connectivity index (χ1v) is 8.51. The first-order chi connectivity index (χ1) is 10.0. The average Bonchev–Trinajstić information content (AvgIpc) is 3.25. The standard InChI is InChI=1S/C18H29N3/c1-12(2)19-10-17-13(3)9-14(4)20-18(17)21(16-7-8-16)11-15-5-6-15/h9,12,15-16,19H,5-8,10-11H2,1-4H3. The molecule has 1 N–H and O–H groups in total. The summed E-state index contributed by atoms with van der Waals surface area (Å²) in [5, 5.41) is 3.58. The number of rotatable bonds is 7. The van der Waals surface area contributed by atoms with Gasteiger partial charge in [-0.25, -0.2) is 4.98 Å². The van der Waals surface area contributed by atoms with Crippen LogP contribution in [0.3, 0.4) is 0 Å². The minimum absolute atomic E-state index is 0.511. The quantitative estimate of drug-likeness (QED) is 0.831. The highest BCUT2D eigenvalue weighted by atomic mass is 15.2. The second-order valence-corrected chi connectivity index (χ2v) is 7.25. The van der Waals surface area contributed by atoms with E-state index < -0.39 is 0 Å². The van der Waals surface area contributed by atoms with Gasteiger partial charge >= 0.3 is 0 Å². The molecule has 116 valence electrons. The predicted octanol–water partition coefficient (Wildman–Crippen LogP) is 3.58. The van der Waals surface area contributed by atoms with E-state index in [-0.39, 0.29) is 0 Å². The van der Waals surface area contributed by atoms with Crippen molar-refractivity contribution in [1.82, 2.24) is 10.3 Å². The van der Waals surface area contributed by atoms with Crippen molar-refractivity contribution in [2.75, 3.05) is 11.4 Å². The lowest BCUT2D eigenvalue weighted by Crippen LogP contribution is -2.32. The molecule has 3 heteroatoms. The van der Waals surface area contributed by atoms with Gasteiger partial charge in [-0.2, -0.15) is 0 Å². The molecule has 1 aromatic rings. The molecule has 0 spiro atoms. The van der Waals surface area contributed by atoms with Crippen LogP contribution in [0, 0.1) is 19.8 Å². The molecule has 0 unspecified atom stereocenters. The molecule has 3 nitrogen and oxygen atoms in total. The number of hydrogen-bond donors (Lipinski definition) is 1. The van der Waals surface area contributed by atoms with Gasteiger partial charge in [0.05, 0.1) is 0 Å². The van der Waals surface area contributed by atoms with Crippen LogP contribution < -0.4 is 10.2 Å². The Kier molecular flexibility index (Phi) is 4.21. The second kappa shape index (κ2) is 5.96. The summed E-state index contributed by atoms with van der Waals surface area (Å²) in [6, 6.07) is 3.48. The topological polar surface area (TPSA) is 28.2 Å². The molecule has 0 saturated heterocycles. The number of aromatic nitrogens is 1. The number of pyridine rings is 1. The lowest BCUT2D eigenvalue weighted by atomic mass is 10.1. The van der Waals surface area contributed by atoms with Crippen molar-refractivity contribution in [2.24, 2.45) is 5.92 Å². The van der Waals surface area contributed by atoms with Gasteiger partial charge in [-0.15, -0.1) is 0 Å². The third kappa shape index (κ3) is 3.76. The van der Waals surface area contributed by atoms with Crippen LogP contribution in [0.5, 0.6) is 0 Å². The summed E-state index contributed by atoms with van der Waals surface area (Å²) >= 11 is 0. The SMILES string of the molecule is Cc1cc(C)c(CNC(C)C)c(N(CC2CC2)C2CC2)n1. The smallest absolute Gasteiger partial charge is 0.133 e. The van der Waals surface area contributed by atoms with Crippen LogP contribution in [-0.2, 0) is 6.54 Å². The van der Waals surface area contributed by atoms with E-state index in [1.54, 1.807) is 0 Å². The monoisotopic (exact) mass is 287 g/mol. The fourth-order valence-corrected chi connectivity index (χ4v) is 2.98. The van der Waals surface area contributed by atoms with Crippen molar-refractivity contribution < 1.29 is 0 Å². The van der Waals surface area contributed by atoms with Crippen LogP contribution in [0.2, 0.25) is 0 Å². The minimum atomic E-state index is 0.511. The second-order valence-electron chi connectivity index (χ2n) is 7.25. The molecule has 0 radical (unpaired) electrons. The summed E-state index contributed by atoms with van der Waals surface area (Å²) in [5.74, 6) is 2.18. The molecule has 3 rings (SSSR count). The zero-order chi connectivity index (χ0) is 15.0. The fourth-order valence-electron chi connectivity index (χ4n) is 2.98. The van der Waals surface area contributed by atoms with Crippen molar-refractivity contribution in [3.05, 3.63) is 22.9 Å². The number of anilines is 1. The summed E-state index contributed by atoms with van der Waals surface area (Å²) in [5.41, 5.74) is 3.94. The molecule has 2 aliphatic rings. The Morgan fingerprint density at radius 1 is 1.24 bits per heavy atom. The van der Waals surface area contributed by atoms with Gasteiger partial charge in [0.2, 0.25) is 0 Å². The predicted molar refractivity (Wildman–Crippen MR) is 88.8 cm³/mol. The van der Waals surface area contributed by atoms with Crippen molar-refractivity contribution >= 4 is 5.82 Å². The molecule has 0 bridgehead atoms. The van der Waals surface area contributed by atoms with Gasteiger partial charge < -0.3 is 10.2 Å². The Balaban J connectivity index is 1.89. The van der Waals surface area contributed by atoms with E-state index in [1.807, 2.05) is 0 Å². The molecule has 0 aromatic carbocycles. The molecule has 1 aromatic heterocycles. The first kappa shape index (κ1) is 14.8. The summed E-state index contributed by atoms with van der Waals surface area (Å²) in [7, 11) is 0. The number of nitrogens with zero attached hydrogens (tertiary/aromatic N) is 2. The molecule has 0 atom stereocenters. The van der Waals surface area contributed by atoms with Crippen LogP contribution in [0.1, 0.15) is 56.4 Å². The molecule has 0 aliphatic heterocycles. The molecule has 2 aliphatic carbocycles. The van der Waals surface area contributed by atoms with Crippen molar-refractivity contribution in [3.63, 3.8) is 0 Å². The highest BCUT2D eigenvalue weighted by Gasteiger charge is 2.35. The van der Waals surface area contributed by atoms with Gasteiger partial charge in [-0.1, -0.05) is 13.8 Å². The summed E-state index contributed by atoms with van der Waals surface area (Å²) in [4.78, 5) is 7.56. The van der Waals surface area contributed by atoms with Crippen molar-refractivity contribution in [3.8, 4) is 0 Å². The third-order valence-corrected chi connectivity index (χ3v) is 4.55. The molecule has 2 saturated carbocycles. The van der Waals surface area contributed by atoms with E-state index in [0.29, 0.717) is 6.04 Å². The van der Waals surface area contributed by atoms with Gasteiger partial charge in [0.25, 0.3) is 0 Å². The van der Waals surface area contributed by atoms with Crippen LogP contribution in [0.25, 0.3) is 0 Å². The molecule has 0 amide bonds. The van der Waals surface area contributed by atoms with Gasteiger partial charge in [-0.3, -0.25) is 0 Å². The van der Waals surface area contributed by atoms with Gasteiger partial charge in [0.1, 0.15) is 5.82 Å². The Labute approximate surface area is 129 Å². The van der Waals surface area contributed by atoms with Crippen LogP contribution in [0.4, 0.5) is 5.82 Å². The largest absolute Gasteiger partial charge is 0.353 e. The Hall–Kier alpha value is -1.09. The first-order valence-electron chi connectivity index (χ1n) is 8.51. The molecule has 1 heterocycles. The van der Waals surface area contributed by atoms with Gasteiger partial charge in [0, 0.05) is 36.4 Å². The van der Waals surface area contributed by atoms with E-state index in [4.69, 9.17) is 4.98 Å². The van der Waals surface area contributed by atoms with Crippen LogP contribution >= 0.6 is 0 Å². The molecular formula is C18H29N3. The minimum Gasteiger partial charge on any atom is -0.353 e. The lowest BCUT2D eigenvalue weighted by molar-refractivity contribution is 0.583. The fraction of sp³-hybridized carbons (Fsp3) is 0.722. The van der Waals surface area contributed by atoms with E-state index in [9.17, 15) is 0 Å². The van der Waals surface area contributed by atoms with Gasteiger partial charge in [0.15, 0.2) is 0 Å². The molecular weight excluding hydrogens is 258 g/mol. The van der Waals surface area contributed by atoms with E-state index in [1.165, 1.54) is 49.2 Å². The molecule has 21 heavy (non-hydrogen) atoms. The Bertz CT molecular complexity index is 501. The summed E-state index contributed by atoms with van der Waals surface area (Å²) < 4.78 is 0. The highest BCUT2D eigenvalue weighted by molar-refractivity contribution is 5.53. The number of nitrogens with one attached hydrogen (secondary N) is 1. The van der Waals surface area contributed by atoms with Crippen LogP contribution in [-0.4, -0.2) is 23.6 Å². The van der Waals surface area contributed by atoms with Crippen molar-refractivity contribution in [2.45, 2.75) is 72.0 Å². The zero-order valence-electron chi connectivity index (χ0n) is 13.9. The van der Waals surface area contributed by atoms with E-state index in [0.717, 1.165) is 24.2 Å². The van der Waals surface area contributed by atoms with Crippen LogP contribution in [0.15, 0.2) is 6.07 Å². The summed E-state index contributed by atoms with van der Waals surface area (Å²) in [6.45, 7) is 10.9.